The summed E-state index contributed by atoms with van der Waals surface area (Å²) in [5, 5.41) is 3.38. The first-order chi connectivity index (χ1) is 9.49. The van der Waals surface area contributed by atoms with Crippen LogP contribution in [0.1, 0.15) is 40.9 Å². The third-order valence-corrected chi connectivity index (χ3v) is 3.19. The van der Waals surface area contributed by atoms with E-state index in [-0.39, 0.29) is 5.78 Å². The third-order valence-electron chi connectivity index (χ3n) is 3.19. The molecule has 0 aliphatic carbocycles. The van der Waals surface area contributed by atoms with Crippen LogP contribution in [0.4, 0.5) is 5.69 Å². The van der Waals surface area contributed by atoms with Gasteiger partial charge in [-0.3, -0.25) is 4.79 Å². The minimum atomic E-state index is 0.0752. The van der Waals surface area contributed by atoms with Gasteiger partial charge in [0.25, 0.3) is 0 Å². The average Bonchev–Trinajstić information content (AvgIpc) is 2.38. The van der Waals surface area contributed by atoms with Gasteiger partial charge >= 0.3 is 0 Å². The number of hydrogen-bond acceptors (Lipinski definition) is 2. The Hall–Kier alpha value is -2.09. The highest BCUT2D eigenvalue weighted by atomic mass is 16.1. The lowest BCUT2D eigenvalue weighted by Gasteiger charge is -2.17. The quantitative estimate of drug-likeness (QED) is 0.834. The first kappa shape index (κ1) is 14.3. The molecule has 2 aromatic rings. The molecule has 20 heavy (non-hydrogen) atoms. The van der Waals surface area contributed by atoms with Gasteiger partial charge in [-0.2, -0.15) is 0 Å². The Kier molecular flexibility index (Phi) is 4.23. The van der Waals surface area contributed by atoms with Crippen molar-refractivity contribution in [1.29, 1.82) is 0 Å². The molecule has 104 valence electrons. The summed E-state index contributed by atoms with van der Waals surface area (Å²) in [5.41, 5.74) is 4.60. The molecule has 0 aromatic heterocycles. The molecule has 2 heteroatoms. The molecule has 2 aromatic carbocycles. The van der Waals surface area contributed by atoms with Crippen LogP contribution in [-0.4, -0.2) is 11.8 Å². The predicted molar refractivity (Wildman–Crippen MR) is 84.5 cm³/mol. The topological polar surface area (TPSA) is 29.1 Å². The first-order valence-electron chi connectivity index (χ1n) is 6.96. The number of hydrogen-bond donors (Lipinski definition) is 1. The first-order valence-corrected chi connectivity index (χ1v) is 6.96. The molecular formula is C18H21NO. The highest BCUT2D eigenvalue weighted by molar-refractivity contribution is 6.13. The smallest absolute Gasteiger partial charge is 0.195 e. The fourth-order valence-electron chi connectivity index (χ4n) is 2.43. The van der Waals surface area contributed by atoms with Gasteiger partial charge in [-0.25, -0.2) is 0 Å². The van der Waals surface area contributed by atoms with Crippen LogP contribution in [0.2, 0.25) is 0 Å². The number of nitrogens with one attached hydrogen (secondary N) is 1. The second-order valence-electron chi connectivity index (χ2n) is 5.50. The van der Waals surface area contributed by atoms with Gasteiger partial charge in [0.05, 0.1) is 0 Å². The summed E-state index contributed by atoms with van der Waals surface area (Å²) in [6.07, 6.45) is 0. The molecule has 0 saturated heterocycles. The van der Waals surface area contributed by atoms with Crippen molar-refractivity contribution in [3.8, 4) is 0 Å². The van der Waals surface area contributed by atoms with Gasteiger partial charge in [-0.1, -0.05) is 36.4 Å². The van der Waals surface area contributed by atoms with Gasteiger partial charge in [0.1, 0.15) is 0 Å². The van der Waals surface area contributed by atoms with E-state index in [9.17, 15) is 4.79 Å². The van der Waals surface area contributed by atoms with Gasteiger partial charge < -0.3 is 5.32 Å². The van der Waals surface area contributed by atoms with Crippen LogP contribution >= 0.6 is 0 Å². The highest BCUT2D eigenvalue weighted by Crippen LogP contribution is 2.25. The molecule has 0 saturated carbocycles. The second-order valence-corrected chi connectivity index (χ2v) is 5.50. The molecule has 0 atom stereocenters. The van der Waals surface area contributed by atoms with Crippen LogP contribution in [0.15, 0.2) is 42.5 Å². The number of carbonyl (C=O) groups is 1. The van der Waals surface area contributed by atoms with Crippen LogP contribution in [0.3, 0.4) is 0 Å². The van der Waals surface area contributed by atoms with E-state index in [1.807, 2.05) is 43.3 Å². The number of aryl methyl sites for hydroxylation is 2. The summed E-state index contributed by atoms with van der Waals surface area (Å²) in [5.74, 6) is 0.0752. The number of anilines is 1. The van der Waals surface area contributed by atoms with Gasteiger partial charge in [-0.05, 0) is 44.9 Å². The summed E-state index contributed by atoms with van der Waals surface area (Å²) >= 11 is 0. The van der Waals surface area contributed by atoms with Crippen molar-refractivity contribution in [1.82, 2.24) is 0 Å². The van der Waals surface area contributed by atoms with E-state index in [4.69, 9.17) is 0 Å². The molecular weight excluding hydrogens is 246 g/mol. The van der Waals surface area contributed by atoms with Crippen LogP contribution in [0, 0.1) is 13.8 Å². The zero-order valence-electron chi connectivity index (χ0n) is 12.5. The number of carbonyl (C=O) groups excluding carboxylic acids is 1. The van der Waals surface area contributed by atoms with Crippen LogP contribution in [-0.2, 0) is 0 Å². The van der Waals surface area contributed by atoms with Gasteiger partial charge in [0, 0.05) is 22.9 Å². The fourth-order valence-corrected chi connectivity index (χ4v) is 2.43. The molecule has 0 unspecified atom stereocenters. The van der Waals surface area contributed by atoms with Crippen molar-refractivity contribution in [3.63, 3.8) is 0 Å². The zero-order chi connectivity index (χ0) is 14.7. The maximum atomic E-state index is 12.7. The maximum Gasteiger partial charge on any atom is 0.195 e. The molecule has 0 spiro atoms. The summed E-state index contributed by atoms with van der Waals surface area (Å²) < 4.78 is 0. The number of rotatable bonds is 4. The molecule has 2 rings (SSSR count). The maximum absolute atomic E-state index is 12.7. The van der Waals surface area contributed by atoms with E-state index >= 15 is 0 Å². The van der Waals surface area contributed by atoms with Gasteiger partial charge in [-0.15, -0.1) is 0 Å². The van der Waals surface area contributed by atoms with Crippen molar-refractivity contribution in [2.45, 2.75) is 33.7 Å². The summed E-state index contributed by atoms with van der Waals surface area (Å²) in [6.45, 7) is 8.20. The molecule has 0 aliphatic rings. The SMILES string of the molecule is Cc1cc(C)c(C(=O)c2ccccc2)c(NC(C)C)c1. The van der Waals surface area contributed by atoms with E-state index in [0.717, 1.165) is 27.9 Å². The Morgan fingerprint density at radius 2 is 1.70 bits per heavy atom. The van der Waals surface area contributed by atoms with Crippen molar-refractivity contribution in [2.24, 2.45) is 0 Å². The third kappa shape index (κ3) is 3.08. The van der Waals surface area contributed by atoms with E-state index in [1.54, 1.807) is 0 Å². The van der Waals surface area contributed by atoms with Crippen LogP contribution < -0.4 is 5.32 Å². The predicted octanol–water partition coefficient (Wildman–Crippen LogP) is 4.35. The lowest BCUT2D eigenvalue weighted by Crippen LogP contribution is -2.15. The molecule has 0 aliphatic heterocycles. The van der Waals surface area contributed by atoms with E-state index in [0.29, 0.717) is 6.04 Å². The normalized spacial score (nSPS) is 10.7. The standard InChI is InChI=1S/C18H21NO/c1-12(2)19-16-11-13(3)10-14(4)17(16)18(20)15-8-6-5-7-9-15/h5-12,19H,1-4H3. The highest BCUT2D eigenvalue weighted by Gasteiger charge is 2.17. The van der Waals surface area contributed by atoms with E-state index in [1.165, 1.54) is 0 Å². The van der Waals surface area contributed by atoms with Gasteiger partial charge in [0.15, 0.2) is 5.78 Å². The van der Waals surface area contributed by atoms with Crippen molar-refractivity contribution in [3.05, 3.63) is 64.7 Å². The minimum absolute atomic E-state index is 0.0752. The summed E-state index contributed by atoms with van der Waals surface area (Å²) in [7, 11) is 0. The number of ketones is 1. The summed E-state index contributed by atoms with van der Waals surface area (Å²) in [4.78, 5) is 12.7. The van der Waals surface area contributed by atoms with Crippen molar-refractivity contribution < 1.29 is 4.79 Å². The van der Waals surface area contributed by atoms with E-state index < -0.39 is 0 Å². The minimum Gasteiger partial charge on any atom is -0.382 e. The Labute approximate surface area is 120 Å². The van der Waals surface area contributed by atoms with Crippen molar-refractivity contribution in [2.75, 3.05) is 5.32 Å². The largest absolute Gasteiger partial charge is 0.382 e. The number of benzene rings is 2. The molecule has 0 fully saturated rings. The van der Waals surface area contributed by atoms with Crippen LogP contribution in [0.25, 0.3) is 0 Å². The van der Waals surface area contributed by atoms with Crippen LogP contribution in [0.5, 0.6) is 0 Å². The average molecular weight is 267 g/mol. The molecule has 0 radical (unpaired) electrons. The molecule has 0 heterocycles. The zero-order valence-corrected chi connectivity index (χ0v) is 12.5. The Morgan fingerprint density at radius 3 is 2.30 bits per heavy atom. The fraction of sp³-hybridized carbons (Fsp3) is 0.278. The van der Waals surface area contributed by atoms with Gasteiger partial charge in [0.2, 0.25) is 0 Å². The monoisotopic (exact) mass is 267 g/mol. The second kappa shape index (κ2) is 5.91. The summed E-state index contributed by atoms with van der Waals surface area (Å²) in [6, 6.07) is 13.8. The lowest BCUT2D eigenvalue weighted by atomic mass is 9.95. The molecule has 2 nitrogen and oxygen atoms in total. The molecule has 1 N–H and O–H groups in total. The Balaban J connectivity index is 2.52. The Bertz CT molecular complexity index is 615. The molecule has 0 amide bonds. The Morgan fingerprint density at radius 1 is 1.05 bits per heavy atom. The van der Waals surface area contributed by atoms with Crippen molar-refractivity contribution >= 4 is 11.5 Å². The van der Waals surface area contributed by atoms with E-state index in [2.05, 4.69) is 32.2 Å². The molecule has 0 bridgehead atoms. The lowest BCUT2D eigenvalue weighted by molar-refractivity contribution is 0.103.